The highest BCUT2D eigenvalue weighted by Crippen LogP contribution is 2.21. The van der Waals surface area contributed by atoms with Crippen molar-refractivity contribution in [3.8, 4) is 0 Å². The minimum Gasteiger partial charge on any atom is -0.456 e. The third-order valence-electron chi connectivity index (χ3n) is 3.80. The Bertz CT molecular complexity index is 757. The Morgan fingerprint density at radius 2 is 1.88 bits per heavy atom. The van der Waals surface area contributed by atoms with Gasteiger partial charge in [-0.05, 0) is 36.6 Å². The molecule has 25 heavy (non-hydrogen) atoms. The summed E-state index contributed by atoms with van der Waals surface area (Å²) in [6.45, 7) is -0.449. The molecule has 1 saturated heterocycles. The number of benzene rings is 1. The summed E-state index contributed by atoms with van der Waals surface area (Å²) in [5.74, 6) is -1.49. The molecule has 0 aromatic heterocycles. The van der Waals surface area contributed by atoms with E-state index in [4.69, 9.17) is 4.74 Å². The van der Waals surface area contributed by atoms with Crippen LogP contribution in [0.5, 0.6) is 0 Å². The van der Waals surface area contributed by atoms with Crippen molar-refractivity contribution >= 4 is 33.3 Å². The number of esters is 1. The molecule has 9 heteroatoms. The zero-order valence-corrected chi connectivity index (χ0v) is 14.6. The van der Waals surface area contributed by atoms with Crippen molar-refractivity contribution < 1.29 is 27.5 Å². The molecule has 1 aliphatic heterocycles. The smallest absolute Gasteiger partial charge is 0.306 e. The lowest BCUT2D eigenvalue weighted by Crippen LogP contribution is -2.22. The molecule has 0 unspecified atom stereocenters. The van der Waals surface area contributed by atoms with E-state index >= 15 is 0 Å². The summed E-state index contributed by atoms with van der Waals surface area (Å²) in [5, 5.41) is 5.03. The van der Waals surface area contributed by atoms with E-state index in [9.17, 15) is 22.8 Å². The highest BCUT2D eigenvalue weighted by atomic mass is 32.2. The lowest BCUT2D eigenvalue weighted by atomic mass is 10.1. The largest absolute Gasteiger partial charge is 0.456 e. The summed E-state index contributed by atoms with van der Waals surface area (Å²) in [4.78, 5) is 34.9. The number of amides is 2. The molecule has 1 aliphatic rings. The number of rotatable bonds is 6. The number of nitrogens with one attached hydrogen (secondary N) is 2. The van der Waals surface area contributed by atoms with E-state index < -0.39 is 28.3 Å². The molecule has 2 amide bonds. The van der Waals surface area contributed by atoms with Crippen LogP contribution < -0.4 is 10.6 Å². The van der Waals surface area contributed by atoms with Crippen LogP contribution in [0.1, 0.15) is 23.2 Å². The molecule has 0 aliphatic carbocycles. The Hall–Kier alpha value is -2.42. The Morgan fingerprint density at radius 3 is 2.44 bits per heavy atom. The molecule has 1 fully saturated rings. The molecule has 1 atom stereocenters. The van der Waals surface area contributed by atoms with E-state index in [0.717, 1.165) is 0 Å². The van der Waals surface area contributed by atoms with E-state index in [0.29, 0.717) is 17.7 Å². The van der Waals surface area contributed by atoms with Gasteiger partial charge in [-0.25, -0.2) is 8.42 Å². The minimum atomic E-state index is -3.04. The monoisotopic (exact) mass is 368 g/mol. The summed E-state index contributed by atoms with van der Waals surface area (Å²) in [6.07, 6.45) is 0.439. The molecular weight excluding hydrogens is 348 g/mol. The SMILES string of the molecule is CNC(=O)c1ccc(NC(=O)COC(=O)C[C@H]2CCS(=O)(=O)C2)cc1. The number of ether oxygens (including phenoxy) is 1. The second-order valence-corrected chi connectivity index (χ2v) is 8.07. The van der Waals surface area contributed by atoms with Crippen LogP contribution in [-0.2, 0) is 24.2 Å². The van der Waals surface area contributed by atoms with Crippen molar-refractivity contribution in [2.75, 3.05) is 30.5 Å². The molecule has 1 heterocycles. The second kappa shape index (κ2) is 8.11. The van der Waals surface area contributed by atoms with Crippen molar-refractivity contribution in [3.63, 3.8) is 0 Å². The van der Waals surface area contributed by atoms with Gasteiger partial charge in [-0.3, -0.25) is 14.4 Å². The Labute approximate surface area is 145 Å². The van der Waals surface area contributed by atoms with Gasteiger partial charge in [0, 0.05) is 24.7 Å². The molecule has 0 saturated carbocycles. The van der Waals surface area contributed by atoms with Crippen LogP contribution in [0.3, 0.4) is 0 Å². The molecule has 8 nitrogen and oxygen atoms in total. The van der Waals surface area contributed by atoms with Gasteiger partial charge in [0.1, 0.15) is 0 Å². The highest BCUT2D eigenvalue weighted by molar-refractivity contribution is 7.91. The first-order chi connectivity index (χ1) is 11.8. The Balaban J connectivity index is 1.75. The van der Waals surface area contributed by atoms with Crippen molar-refractivity contribution in [1.29, 1.82) is 0 Å². The maximum atomic E-state index is 11.8. The van der Waals surface area contributed by atoms with Crippen LogP contribution in [-0.4, -0.2) is 51.4 Å². The van der Waals surface area contributed by atoms with Gasteiger partial charge >= 0.3 is 5.97 Å². The third kappa shape index (κ3) is 5.86. The first-order valence-electron chi connectivity index (χ1n) is 7.77. The lowest BCUT2D eigenvalue weighted by molar-refractivity contribution is -0.148. The molecule has 0 spiro atoms. The molecule has 1 aromatic rings. The lowest BCUT2D eigenvalue weighted by Gasteiger charge is -2.09. The topological polar surface area (TPSA) is 119 Å². The van der Waals surface area contributed by atoms with Gasteiger partial charge in [0.05, 0.1) is 11.5 Å². The standard InChI is InChI=1S/C16H20N2O6S/c1-17-16(21)12-2-4-13(5-3-12)18-14(19)9-24-15(20)8-11-6-7-25(22,23)10-11/h2-5,11H,6-10H2,1H3,(H,17,21)(H,18,19)/t11-/m1/s1. The maximum Gasteiger partial charge on any atom is 0.306 e. The number of anilines is 1. The van der Waals surface area contributed by atoms with Gasteiger partial charge in [0.2, 0.25) is 0 Å². The molecule has 2 rings (SSSR count). The van der Waals surface area contributed by atoms with Gasteiger partial charge in [0.25, 0.3) is 11.8 Å². The van der Waals surface area contributed by atoms with Crippen molar-refractivity contribution in [3.05, 3.63) is 29.8 Å². The van der Waals surface area contributed by atoms with Crippen molar-refractivity contribution in [2.24, 2.45) is 5.92 Å². The molecule has 0 bridgehead atoms. The van der Waals surface area contributed by atoms with E-state index in [-0.39, 0.29) is 29.8 Å². The van der Waals surface area contributed by atoms with E-state index in [2.05, 4.69) is 10.6 Å². The van der Waals surface area contributed by atoms with Crippen molar-refractivity contribution in [2.45, 2.75) is 12.8 Å². The predicted octanol–water partition coefficient (Wildman–Crippen LogP) is 0.353. The summed E-state index contributed by atoms with van der Waals surface area (Å²) in [6, 6.07) is 6.24. The maximum absolute atomic E-state index is 11.8. The van der Waals surface area contributed by atoms with Crippen molar-refractivity contribution in [1.82, 2.24) is 5.32 Å². The average Bonchev–Trinajstić information content (AvgIpc) is 2.91. The van der Waals surface area contributed by atoms with Crippen LogP contribution in [0.2, 0.25) is 0 Å². The first-order valence-corrected chi connectivity index (χ1v) is 9.59. The summed E-state index contributed by atoms with van der Waals surface area (Å²) >= 11 is 0. The van der Waals surface area contributed by atoms with Gasteiger partial charge < -0.3 is 15.4 Å². The van der Waals surface area contributed by atoms with Gasteiger partial charge in [-0.1, -0.05) is 0 Å². The van der Waals surface area contributed by atoms with Crippen LogP contribution in [0.15, 0.2) is 24.3 Å². The molecule has 136 valence electrons. The van der Waals surface area contributed by atoms with Crippen LogP contribution in [0.4, 0.5) is 5.69 Å². The second-order valence-electron chi connectivity index (χ2n) is 5.84. The third-order valence-corrected chi connectivity index (χ3v) is 5.64. The zero-order valence-electron chi connectivity index (χ0n) is 13.8. The summed E-state index contributed by atoms with van der Waals surface area (Å²) in [7, 11) is -1.52. The highest BCUT2D eigenvalue weighted by Gasteiger charge is 2.29. The van der Waals surface area contributed by atoms with Crippen LogP contribution in [0.25, 0.3) is 0 Å². The number of hydrogen-bond acceptors (Lipinski definition) is 6. The van der Waals surface area contributed by atoms with Crippen LogP contribution in [0, 0.1) is 5.92 Å². The van der Waals surface area contributed by atoms with E-state index in [1.54, 1.807) is 24.3 Å². The number of carbonyl (C=O) groups excluding carboxylic acids is 3. The number of carbonyl (C=O) groups is 3. The first kappa shape index (κ1) is 18.9. The predicted molar refractivity (Wildman–Crippen MR) is 90.8 cm³/mol. The minimum absolute atomic E-state index is 0.00661. The van der Waals surface area contributed by atoms with E-state index in [1.807, 2.05) is 0 Å². The van der Waals surface area contributed by atoms with Gasteiger partial charge in [-0.2, -0.15) is 0 Å². The van der Waals surface area contributed by atoms with Gasteiger partial charge in [-0.15, -0.1) is 0 Å². The fraction of sp³-hybridized carbons (Fsp3) is 0.438. The molecule has 0 radical (unpaired) electrons. The quantitative estimate of drug-likeness (QED) is 0.700. The summed E-state index contributed by atoms with van der Waals surface area (Å²) < 4.78 is 27.5. The zero-order chi connectivity index (χ0) is 18.4. The summed E-state index contributed by atoms with van der Waals surface area (Å²) in [5.41, 5.74) is 0.925. The number of hydrogen-bond donors (Lipinski definition) is 2. The Morgan fingerprint density at radius 1 is 1.20 bits per heavy atom. The molecule has 2 N–H and O–H groups in total. The van der Waals surface area contributed by atoms with E-state index in [1.165, 1.54) is 7.05 Å². The average molecular weight is 368 g/mol. The molecular formula is C16H20N2O6S. The Kier molecular flexibility index (Phi) is 6.13. The normalized spacial score (nSPS) is 18.4. The van der Waals surface area contributed by atoms with Gasteiger partial charge in [0.15, 0.2) is 16.4 Å². The number of sulfone groups is 1. The van der Waals surface area contributed by atoms with Crippen LogP contribution >= 0.6 is 0 Å². The fourth-order valence-electron chi connectivity index (χ4n) is 2.52. The fourth-order valence-corrected chi connectivity index (χ4v) is 4.38. The molecule has 1 aromatic carbocycles.